The highest BCUT2D eigenvalue weighted by molar-refractivity contribution is 8.00. The van der Waals surface area contributed by atoms with Crippen LogP contribution in [-0.4, -0.2) is 64.5 Å². The molecule has 9 heteroatoms. The van der Waals surface area contributed by atoms with E-state index in [0.717, 1.165) is 29.7 Å². The molecule has 1 saturated heterocycles. The molecule has 4 fully saturated rings. The third-order valence-corrected chi connectivity index (χ3v) is 12.7. The molecule has 1 aromatic carbocycles. The van der Waals surface area contributed by atoms with Crippen molar-refractivity contribution < 1.29 is 29.3 Å². The van der Waals surface area contributed by atoms with Crippen LogP contribution in [0.25, 0.3) is 0 Å². The van der Waals surface area contributed by atoms with Gasteiger partial charge in [-0.3, -0.25) is 14.4 Å². The van der Waals surface area contributed by atoms with E-state index in [2.05, 4.69) is 38.0 Å². The van der Waals surface area contributed by atoms with E-state index >= 15 is 0 Å². The van der Waals surface area contributed by atoms with Crippen LogP contribution in [0, 0.1) is 34.0 Å². The fourth-order valence-corrected chi connectivity index (χ4v) is 9.57. The van der Waals surface area contributed by atoms with Crippen molar-refractivity contribution in [3.63, 3.8) is 0 Å². The van der Waals surface area contributed by atoms with Crippen molar-refractivity contribution >= 4 is 29.4 Å². The topological polar surface area (TPSA) is 125 Å². The van der Waals surface area contributed by atoms with Crippen LogP contribution in [0.1, 0.15) is 71.8 Å². The zero-order valence-electron chi connectivity index (χ0n) is 25.9. The number of thioether (sulfide) groups is 1. The number of nitrogens with one attached hydrogen (secondary N) is 2. The second-order valence-electron chi connectivity index (χ2n) is 14.1. The maximum absolute atomic E-state index is 13.6. The maximum atomic E-state index is 13.6. The monoisotopic (exact) mass is 612 g/mol. The van der Waals surface area contributed by atoms with Gasteiger partial charge >= 0.3 is 5.97 Å². The number of esters is 1. The van der Waals surface area contributed by atoms with Crippen molar-refractivity contribution in [3.05, 3.63) is 42.5 Å². The Bertz CT molecular complexity index is 1260. The number of rotatable bonds is 8. The third kappa shape index (κ3) is 5.83. The average Bonchev–Trinajstić information content (AvgIpc) is 3.59. The van der Waals surface area contributed by atoms with Crippen molar-refractivity contribution in [1.29, 1.82) is 0 Å². The average molecular weight is 613 g/mol. The number of aliphatic hydroxyl groups excluding tert-OH is 2. The highest BCUT2D eigenvalue weighted by atomic mass is 32.2. The molecule has 236 valence electrons. The van der Waals surface area contributed by atoms with Crippen LogP contribution in [0.2, 0.25) is 0 Å². The molecule has 4 aliphatic rings. The summed E-state index contributed by atoms with van der Waals surface area (Å²) in [6, 6.07) is 7.31. The van der Waals surface area contributed by atoms with E-state index in [-0.39, 0.29) is 52.6 Å². The van der Waals surface area contributed by atoms with E-state index in [4.69, 9.17) is 4.74 Å². The first-order valence-corrected chi connectivity index (χ1v) is 16.8. The molecular weight excluding hydrogens is 564 g/mol. The molecule has 1 aliphatic heterocycles. The Morgan fingerprint density at radius 1 is 1.23 bits per heavy atom. The molecule has 5 rings (SSSR count). The number of aliphatic hydroxyl groups is 2. The molecule has 2 bridgehead atoms. The van der Waals surface area contributed by atoms with Gasteiger partial charge in [0.15, 0.2) is 0 Å². The Kier molecular flexibility index (Phi) is 9.21. The normalized spacial score (nSPS) is 40.7. The lowest BCUT2D eigenvalue weighted by atomic mass is 9.44. The van der Waals surface area contributed by atoms with Gasteiger partial charge in [0.1, 0.15) is 11.9 Å². The van der Waals surface area contributed by atoms with Gasteiger partial charge in [0.05, 0.1) is 24.0 Å². The molecule has 0 spiro atoms. The van der Waals surface area contributed by atoms with Gasteiger partial charge in [0.25, 0.3) is 0 Å². The number of benzene rings is 1. The van der Waals surface area contributed by atoms with Crippen molar-refractivity contribution in [2.24, 2.45) is 34.0 Å². The van der Waals surface area contributed by atoms with E-state index in [1.54, 1.807) is 0 Å². The Morgan fingerprint density at radius 2 is 2.00 bits per heavy atom. The molecule has 4 N–H and O–H groups in total. The maximum Gasteiger partial charge on any atom is 0.316 e. The number of ether oxygens (including phenoxy) is 1. The molecule has 10 atom stereocenters. The van der Waals surface area contributed by atoms with Crippen LogP contribution < -0.4 is 10.6 Å². The summed E-state index contributed by atoms with van der Waals surface area (Å²) in [6.07, 6.45) is 4.05. The lowest BCUT2D eigenvalue weighted by Crippen LogP contribution is -2.63. The highest BCUT2D eigenvalue weighted by Gasteiger charge is 2.68. The first-order chi connectivity index (χ1) is 20.3. The lowest BCUT2D eigenvalue weighted by molar-refractivity contribution is -0.205. The Morgan fingerprint density at radius 3 is 2.70 bits per heavy atom. The minimum absolute atomic E-state index is 0.0657. The van der Waals surface area contributed by atoms with Crippen molar-refractivity contribution in [3.8, 4) is 0 Å². The summed E-state index contributed by atoms with van der Waals surface area (Å²) < 4.78 is 6.36. The third-order valence-electron chi connectivity index (χ3n) is 11.7. The van der Waals surface area contributed by atoms with Gasteiger partial charge in [-0.1, -0.05) is 45.9 Å². The summed E-state index contributed by atoms with van der Waals surface area (Å²) in [6.45, 7) is 13.3. The van der Waals surface area contributed by atoms with Crippen LogP contribution in [0.5, 0.6) is 0 Å². The molecule has 1 aromatic rings. The van der Waals surface area contributed by atoms with Crippen molar-refractivity contribution in [2.45, 2.75) is 102 Å². The summed E-state index contributed by atoms with van der Waals surface area (Å²) in [5.41, 5.74) is -0.585. The molecule has 3 aliphatic carbocycles. The number of amides is 1. The minimum Gasteiger partial charge on any atom is -0.461 e. The second kappa shape index (κ2) is 12.3. The van der Waals surface area contributed by atoms with Gasteiger partial charge in [-0.2, -0.15) is 0 Å². The second-order valence-corrected chi connectivity index (χ2v) is 15.1. The standard InChI is InChI=1S/C34H48N2O6S/c1-6-32(4)16-27(33(5)20(2)10-12-34(21(3)30(32)40)13-11-26(38)29(33)34)42-28(39)19-43-24-9-7-8-22(14-24)17-36-31(41)25-15-23(37)18-35-25/h6-9,14,20-21,23,25,27,29-30,35,37,40H,1,10-13,15-19H2,2-5H3,(H,36,41)/t20?,21-,23+,25?,27+,29?,30-,32+,33-,34?/m0/s1. The number of carbonyl (C=O) groups is 3. The molecule has 0 aromatic heterocycles. The molecule has 4 unspecified atom stereocenters. The zero-order chi connectivity index (χ0) is 31.2. The summed E-state index contributed by atoms with van der Waals surface area (Å²) in [4.78, 5) is 40.4. The Hall–Kier alpha value is -2.20. The fourth-order valence-electron chi connectivity index (χ4n) is 8.81. The van der Waals surface area contributed by atoms with E-state index in [1.807, 2.05) is 37.3 Å². The number of hydrogen-bond donors (Lipinski definition) is 4. The summed E-state index contributed by atoms with van der Waals surface area (Å²) in [5, 5.41) is 27.3. The molecule has 43 heavy (non-hydrogen) atoms. The summed E-state index contributed by atoms with van der Waals surface area (Å²) >= 11 is 1.38. The van der Waals surface area contributed by atoms with Gasteiger partial charge < -0.3 is 25.6 Å². The van der Waals surface area contributed by atoms with Crippen LogP contribution in [0.3, 0.4) is 0 Å². The molecule has 8 nitrogen and oxygen atoms in total. The SMILES string of the molecule is C=C[C@]1(C)C[C@@H](OC(=O)CSc2cccc(CNC(=O)C3C[C@@H](O)CN3)c2)[C@]2(C)C(C)CCC3(CCC(=O)C32)[C@@H](C)[C@@H]1O. The van der Waals surface area contributed by atoms with E-state index < -0.39 is 29.1 Å². The Labute approximate surface area is 259 Å². The fraction of sp³-hybridized carbons (Fsp3) is 0.676. The zero-order valence-corrected chi connectivity index (χ0v) is 26.8. The number of β-amino-alcohol motifs (C(OH)–C–C–N with tert-alkyl or cyclic N) is 1. The molecule has 1 amide bonds. The van der Waals surface area contributed by atoms with Gasteiger partial charge in [0.2, 0.25) is 5.91 Å². The molecular formula is C34H48N2O6S. The minimum atomic E-state index is -0.690. The van der Waals surface area contributed by atoms with Crippen LogP contribution in [0.15, 0.2) is 41.8 Å². The lowest BCUT2D eigenvalue weighted by Gasteiger charge is -2.61. The van der Waals surface area contributed by atoms with Gasteiger partial charge in [-0.25, -0.2) is 0 Å². The van der Waals surface area contributed by atoms with E-state index in [1.165, 1.54) is 11.8 Å². The molecule has 3 saturated carbocycles. The number of Topliss-reactive ketones (excluding diaryl/α,β-unsaturated/α-hetero) is 1. The largest absolute Gasteiger partial charge is 0.461 e. The number of ketones is 1. The van der Waals surface area contributed by atoms with Gasteiger partial charge in [-0.05, 0) is 67.1 Å². The smallest absolute Gasteiger partial charge is 0.316 e. The van der Waals surface area contributed by atoms with Gasteiger partial charge in [-0.15, -0.1) is 18.3 Å². The predicted octanol–water partition coefficient (Wildman–Crippen LogP) is 4.02. The summed E-state index contributed by atoms with van der Waals surface area (Å²) in [5.74, 6) is -0.262. The molecule has 1 heterocycles. The quantitative estimate of drug-likeness (QED) is 0.197. The van der Waals surface area contributed by atoms with Crippen molar-refractivity contribution in [2.75, 3.05) is 12.3 Å². The highest BCUT2D eigenvalue weighted by Crippen LogP contribution is 2.68. The summed E-state index contributed by atoms with van der Waals surface area (Å²) in [7, 11) is 0. The first-order valence-electron chi connectivity index (χ1n) is 15.8. The predicted molar refractivity (Wildman–Crippen MR) is 166 cm³/mol. The molecule has 0 radical (unpaired) electrons. The van der Waals surface area contributed by atoms with Crippen LogP contribution in [0.4, 0.5) is 0 Å². The first kappa shape index (κ1) is 32.2. The van der Waals surface area contributed by atoms with Crippen LogP contribution >= 0.6 is 11.8 Å². The van der Waals surface area contributed by atoms with E-state index in [0.29, 0.717) is 32.4 Å². The van der Waals surface area contributed by atoms with E-state index in [9.17, 15) is 24.6 Å². The van der Waals surface area contributed by atoms with Crippen molar-refractivity contribution in [1.82, 2.24) is 10.6 Å². The Balaban J connectivity index is 1.29. The number of hydrogen-bond acceptors (Lipinski definition) is 8. The van der Waals surface area contributed by atoms with Gasteiger partial charge in [0, 0.05) is 41.2 Å². The van der Waals surface area contributed by atoms with Crippen LogP contribution in [-0.2, 0) is 25.7 Å². The number of carbonyl (C=O) groups excluding carboxylic acids is 3.